The predicted octanol–water partition coefficient (Wildman–Crippen LogP) is 1.77. The Kier molecular flexibility index (Phi) is 5.18. The van der Waals surface area contributed by atoms with Crippen LogP contribution < -0.4 is 10.1 Å². The van der Waals surface area contributed by atoms with Crippen LogP contribution in [0.15, 0.2) is 24.3 Å². The fourth-order valence-corrected chi connectivity index (χ4v) is 3.32. The number of benzene rings is 1. The lowest BCUT2D eigenvalue weighted by Gasteiger charge is -2.25. The monoisotopic (exact) mass is 334 g/mol. The first-order chi connectivity index (χ1) is 11.2. The van der Waals surface area contributed by atoms with E-state index in [1.165, 1.54) is 0 Å². The van der Waals surface area contributed by atoms with Crippen molar-refractivity contribution in [2.45, 2.75) is 19.9 Å². The van der Waals surface area contributed by atoms with E-state index >= 15 is 0 Å². The molecule has 1 aliphatic rings. The van der Waals surface area contributed by atoms with Crippen LogP contribution in [0.25, 0.3) is 0 Å². The van der Waals surface area contributed by atoms with Gasteiger partial charge in [-0.15, -0.1) is 0 Å². The van der Waals surface area contributed by atoms with Crippen molar-refractivity contribution in [3.63, 3.8) is 0 Å². The standard InChI is InChI=1S/C18H26N2O4/c1-18(2)14(15(18)17(22)23)16(21)19-10-13(20(3)4)11-6-8-12(24-5)9-7-11/h6-9,13-15H,10H2,1-5H3,(H,19,21)(H,22,23)/t13-,14-,15-/m0/s1. The first-order valence-electron chi connectivity index (χ1n) is 8.01. The molecule has 1 fully saturated rings. The van der Waals surface area contributed by atoms with Crippen LogP contribution in [0.3, 0.4) is 0 Å². The molecule has 0 unspecified atom stereocenters. The fraction of sp³-hybridized carbons (Fsp3) is 0.556. The number of hydrogen-bond donors (Lipinski definition) is 2. The van der Waals surface area contributed by atoms with Crippen molar-refractivity contribution in [3.05, 3.63) is 29.8 Å². The van der Waals surface area contributed by atoms with E-state index in [0.717, 1.165) is 11.3 Å². The number of hydrogen-bond acceptors (Lipinski definition) is 4. The molecule has 0 radical (unpaired) electrons. The summed E-state index contributed by atoms with van der Waals surface area (Å²) >= 11 is 0. The molecule has 0 aliphatic heterocycles. The average Bonchev–Trinajstić information content (AvgIpc) is 3.10. The molecule has 2 N–H and O–H groups in total. The maximum absolute atomic E-state index is 12.4. The third-order valence-corrected chi connectivity index (χ3v) is 4.97. The summed E-state index contributed by atoms with van der Waals surface area (Å²) in [6.07, 6.45) is 0. The first-order valence-corrected chi connectivity index (χ1v) is 8.01. The molecule has 1 aromatic rings. The molecule has 2 rings (SSSR count). The van der Waals surface area contributed by atoms with Gasteiger partial charge in [0.25, 0.3) is 0 Å². The highest BCUT2D eigenvalue weighted by Gasteiger charge is 2.65. The van der Waals surface area contributed by atoms with E-state index in [2.05, 4.69) is 5.32 Å². The summed E-state index contributed by atoms with van der Waals surface area (Å²) < 4.78 is 5.17. The Morgan fingerprint density at radius 1 is 1.25 bits per heavy atom. The maximum atomic E-state index is 12.4. The highest BCUT2D eigenvalue weighted by molar-refractivity contribution is 5.91. The van der Waals surface area contributed by atoms with Gasteiger partial charge in [0.2, 0.25) is 5.91 Å². The topological polar surface area (TPSA) is 78.9 Å². The van der Waals surface area contributed by atoms with Crippen molar-refractivity contribution >= 4 is 11.9 Å². The highest BCUT2D eigenvalue weighted by Crippen LogP contribution is 2.58. The number of carboxylic acid groups (broad SMARTS) is 1. The van der Waals surface area contributed by atoms with E-state index in [9.17, 15) is 14.7 Å². The molecule has 0 aromatic heterocycles. The Labute approximate surface area is 142 Å². The van der Waals surface area contributed by atoms with Gasteiger partial charge in [0.1, 0.15) is 5.75 Å². The van der Waals surface area contributed by atoms with Gasteiger partial charge in [-0.2, -0.15) is 0 Å². The van der Waals surface area contributed by atoms with E-state index < -0.39 is 23.2 Å². The predicted molar refractivity (Wildman–Crippen MR) is 90.8 cm³/mol. The van der Waals surface area contributed by atoms with Gasteiger partial charge in [-0.25, -0.2) is 0 Å². The quantitative estimate of drug-likeness (QED) is 0.794. The second-order valence-electron chi connectivity index (χ2n) is 7.11. The number of rotatable bonds is 7. The minimum Gasteiger partial charge on any atom is -0.497 e. The normalized spacial score (nSPS) is 22.8. The van der Waals surface area contributed by atoms with Crippen LogP contribution in [0.1, 0.15) is 25.5 Å². The number of carbonyl (C=O) groups is 2. The molecule has 1 aromatic carbocycles. The number of ether oxygens (including phenoxy) is 1. The molecule has 6 heteroatoms. The van der Waals surface area contributed by atoms with Crippen LogP contribution in [-0.2, 0) is 9.59 Å². The smallest absolute Gasteiger partial charge is 0.307 e. The zero-order valence-electron chi connectivity index (χ0n) is 14.9. The second kappa shape index (κ2) is 6.81. The summed E-state index contributed by atoms with van der Waals surface area (Å²) in [4.78, 5) is 25.6. The van der Waals surface area contributed by atoms with Gasteiger partial charge in [-0.3, -0.25) is 9.59 Å². The molecule has 3 atom stereocenters. The lowest BCUT2D eigenvalue weighted by atomic mass is 10.1. The molecule has 1 amide bonds. The Balaban J connectivity index is 2.02. The van der Waals surface area contributed by atoms with Crippen LogP contribution >= 0.6 is 0 Å². The lowest BCUT2D eigenvalue weighted by Crippen LogP contribution is -2.36. The Bertz CT molecular complexity index is 610. The summed E-state index contributed by atoms with van der Waals surface area (Å²) in [5.74, 6) is -1.37. The van der Waals surface area contributed by atoms with Crippen LogP contribution in [0.2, 0.25) is 0 Å². The van der Waals surface area contributed by atoms with E-state index in [0.29, 0.717) is 6.54 Å². The third-order valence-electron chi connectivity index (χ3n) is 4.97. The summed E-state index contributed by atoms with van der Waals surface area (Å²) in [5, 5.41) is 12.1. The number of methoxy groups -OCH3 is 1. The number of carboxylic acids is 1. The van der Waals surface area contributed by atoms with E-state index in [1.807, 2.05) is 57.1 Å². The Morgan fingerprint density at radius 3 is 2.25 bits per heavy atom. The van der Waals surface area contributed by atoms with Crippen LogP contribution in [0.4, 0.5) is 0 Å². The van der Waals surface area contributed by atoms with Gasteiger partial charge < -0.3 is 20.1 Å². The minimum absolute atomic E-state index is 0.00463. The van der Waals surface area contributed by atoms with Crippen molar-refractivity contribution < 1.29 is 19.4 Å². The molecular weight excluding hydrogens is 308 g/mol. The van der Waals surface area contributed by atoms with E-state index in [4.69, 9.17) is 4.74 Å². The summed E-state index contributed by atoms with van der Waals surface area (Å²) in [6, 6.07) is 7.72. The molecule has 0 heterocycles. The molecule has 0 saturated heterocycles. The Hall–Kier alpha value is -2.08. The highest BCUT2D eigenvalue weighted by atomic mass is 16.5. The molecule has 1 aliphatic carbocycles. The Morgan fingerprint density at radius 2 is 1.83 bits per heavy atom. The fourth-order valence-electron chi connectivity index (χ4n) is 3.32. The molecule has 6 nitrogen and oxygen atoms in total. The molecule has 24 heavy (non-hydrogen) atoms. The van der Waals surface area contributed by atoms with Crippen molar-refractivity contribution in [2.24, 2.45) is 17.3 Å². The zero-order chi connectivity index (χ0) is 18.1. The average molecular weight is 334 g/mol. The van der Waals surface area contributed by atoms with Crippen molar-refractivity contribution in [2.75, 3.05) is 27.7 Å². The van der Waals surface area contributed by atoms with Crippen molar-refractivity contribution in [1.29, 1.82) is 0 Å². The van der Waals surface area contributed by atoms with Gasteiger partial charge in [0.05, 0.1) is 25.0 Å². The maximum Gasteiger partial charge on any atom is 0.307 e. The molecule has 0 bridgehead atoms. The van der Waals surface area contributed by atoms with Gasteiger partial charge in [-0.1, -0.05) is 26.0 Å². The van der Waals surface area contributed by atoms with E-state index in [1.54, 1.807) is 7.11 Å². The van der Waals surface area contributed by atoms with Crippen molar-refractivity contribution in [3.8, 4) is 5.75 Å². The molecule has 0 spiro atoms. The van der Waals surface area contributed by atoms with Gasteiger partial charge in [0, 0.05) is 6.54 Å². The van der Waals surface area contributed by atoms with E-state index in [-0.39, 0.29) is 11.9 Å². The zero-order valence-corrected chi connectivity index (χ0v) is 14.9. The van der Waals surface area contributed by atoms with Crippen LogP contribution in [0, 0.1) is 17.3 Å². The molecular formula is C18H26N2O4. The summed E-state index contributed by atoms with van der Waals surface area (Å²) in [5.41, 5.74) is 0.579. The molecule has 1 saturated carbocycles. The van der Waals surface area contributed by atoms with Crippen LogP contribution in [0.5, 0.6) is 5.75 Å². The summed E-state index contributed by atoms with van der Waals surface area (Å²) in [6.45, 7) is 4.07. The second-order valence-corrected chi connectivity index (χ2v) is 7.11. The van der Waals surface area contributed by atoms with Gasteiger partial charge in [0.15, 0.2) is 0 Å². The number of likely N-dealkylation sites (N-methyl/N-ethyl adjacent to an activating group) is 1. The SMILES string of the molecule is COc1ccc([C@H](CNC(=O)[C@@H]2[C@@H](C(=O)O)C2(C)C)N(C)C)cc1. The van der Waals surface area contributed by atoms with Crippen molar-refractivity contribution in [1.82, 2.24) is 10.2 Å². The lowest BCUT2D eigenvalue weighted by molar-refractivity contribution is -0.140. The van der Waals surface area contributed by atoms with Crippen LogP contribution in [-0.4, -0.2) is 49.6 Å². The number of nitrogens with zero attached hydrogens (tertiary/aromatic N) is 1. The van der Waals surface area contributed by atoms with Gasteiger partial charge in [-0.05, 0) is 37.2 Å². The molecule has 132 valence electrons. The largest absolute Gasteiger partial charge is 0.497 e. The minimum atomic E-state index is -0.903. The number of nitrogens with one attached hydrogen (secondary N) is 1. The number of carbonyl (C=O) groups excluding carboxylic acids is 1. The summed E-state index contributed by atoms with van der Waals surface area (Å²) in [7, 11) is 5.51. The third kappa shape index (κ3) is 3.53. The first kappa shape index (κ1) is 18.3. The van der Waals surface area contributed by atoms with Gasteiger partial charge >= 0.3 is 5.97 Å². The number of amides is 1. The number of aliphatic carboxylic acids is 1.